The van der Waals surface area contributed by atoms with Gasteiger partial charge in [0.25, 0.3) is 6.20 Å². The SMILES string of the molecule is CN(C)[n+]1cc(/N=C(/[O-])CSc2nc3c(cc2C#N)CC(C(C)(C)C)CC3)on1. The molecule has 0 amide bonds. The molecule has 1 unspecified atom stereocenters. The van der Waals surface area contributed by atoms with E-state index >= 15 is 0 Å². The van der Waals surface area contributed by atoms with Gasteiger partial charge in [-0.15, -0.1) is 0 Å². The number of aliphatic imine (C=N–C) groups is 1. The monoisotopic (exact) mass is 414 g/mol. The highest BCUT2D eigenvalue weighted by atomic mass is 32.2. The molecule has 2 heterocycles. The van der Waals surface area contributed by atoms with Crippen LogP contribution < -0.4 is 14.9 Å². The molecule has 29 heavy (non-hydrogen) atoms. The van der Waals surface area contributed by atoms with Crippen LogP contribution in [0.25, 0.3) is 0 Å². The zero-order chi connectivity index (χ0) is 21.2. The molecule has 154 valence electrons. The lowest BCUT2D eigenvalue weighted by Crippen LogP contribution is -2.53. The number of hydrogen-bond acceptors (Lipinski definition) is 8. The Morgan fingerprint density at radius 3 is 2.86 bits per heavy atom. The number of rotatable bonds is 5. The number of nitrogens with zero attached hydrogens (tertiary/aromatic N) is 6. The fourth-order valence-electron chi connectivity index (χ4n) is 3.33. The van der Waals surface area contributed by atoms with E-state index in [4.69, 9.17) is 9.51 Å². The minimum atomic E-state index is -0.367. The topological polar surface area (TPSA) is 105 Å². The molecule has 1 atom stereocenters. The van der Waals surface area contributed by atoms with Crippen molar-refractivity contribution >= 4 is 23.5 Å². The number of aryl methyl sites for hydroxylation is 1. The van der Waals surface area contributed by atoms with Gasteiger partial charge < -0.3 is 5.11 Å². The first-order chi connectivity index (χ1) is 13.7. The Kier molecular flexibility index (Phi) is 6.13. The first-order valence-corrected chi connectivity index (χ1v) is 10.5. The predicted molar refractivity (Wildman–Crippen MR) is 109 cm³/mol. The third-order valence-electron chi connectivity index (χ3n) is 5.12. The number of hydrogen-bond donors (Lipinski definition) is 0. The van der Waals surface area contributed by atoms with Crippen molar-refractivity contribution in [2.75, 3.05) is 24.9 Å². The van der Waals surface area contributed by atoms with Crippen molar-refractivity contribution in [3.8, 4) is 6.07 Å². The lowest BCUT2D eigenvalue weighted by molar-refractivity contribution is -0.753. The summed E-state index contributed by atoms with van der Waals surface area (Å²) in [6, 6.07) is 4.17. The minimum Gasteiger partial charge on any atom is -0.861 e. The van der Waals surface area contributed by atoms with Crippen LogP contribution in [0, 0.1) is 22.7 Å². The molecule has 0 spiro atoms. The third-order valence-corrected chi connectivity index (χ3v) is 6.09. The summed E-state index contributed by atoms with van der Waals surface area (Å²) in [7, 11) is 3.58. The smallest absolute Gasteiger partial charge is 0.324 e. The van der Waals surface area contributed by atoms with Gasteiger partial charge in [0, 0.05) is 11.4 Å². The highest BCUT2D eigenvalue weighted by Gasteiger charge is 2.30. The Morgan fingerprint density at radius 2 is 2.24 bits per heavy atom. The Hall–Kier alpha value is -2.60. The molecule has 0 N–H and O–H groups in total. The number of thioether (sulfide) groups is 1. The normalized spacial score (nSPS) is 17.0. The van der Waals surface area contributed by atoms with E-state index in [0.717, 1.165) is 30.5 Å². The van der Waals surface area contributed by atoms with Crippen LogP contribution in [0.3, 0.4) is 0 Å². The molecular formula is C20H26N6O2S. The summed E-state index contributed by atoms with van der Waals surface area (Å²) >= 11 is 1.24. The second-order valence-electron chi connectivity index (χ2n) is 8.47. The van der Waals surface area contributed by atoms with E-state index in [1.807, 2.05) is 6.07 Å². The molecular weight excluding hydrogens is 388 g/mol. The lowest BCUT2D eigenvalue weighted by Gasteiger charge is -2.34. The second-order valence-corrected chi connectivity index (χ2v) is 9.43. The van der Waals surface area contributed by atoms with Gasteiger partial charge in [-0.05, 0) is 48.1 Å². The molecule has 0 radical (unpaired) electrons. The zero-order valence-corrected chi connectivity index (χ0v) is 18.3. The standard InChI is InChI=1S/C20H26N6O2S/c1-20(2,3)15-6-7-16-13(9-15)8-14(10-21)19(22-16)29-12-17(27)23-18-11-26(24-28-18)25(4)5/h8,11,15H,6-7,9,12H2,1-5H3. The summed E-state index contributed by atoms with van der Waals surface area (Å²) < 4.78 is 5.01. The maximum absolute atomic E-state index is 12.2. The van der Waals surface area contributed by atoms with E-state index in [1.165, 1.54) is 22.7 Å². The molecule has 1 aliphatic carbocycles. The van der Waals surface area contributed by atoms with Gasteiger partial charge in [0.15, 0.2) is 0 Å². The van der Waals surface area contributed by atoms with Crippen LogP contribution in [0.4, 0.5) is 5.88 Å². The van der Waals surface area contributed by atoms with E-state index in [1.54, 1.807) is 19.1 Å². The molecule has 9 heteroatoms. The first-order valence-electron chi connectivity index (χ1n) is 9.54. The van der Waals surface area contributed by atoms with E-state index < -0.39 is 0 Å². The van der Waals surface area contributed by atoms with Gasteiger partial charge >= 0.3 is 5.88 Å². The van der Waals surface area contributed by atoms with Gasteiger partial charge in [-0.3, -0.25) is 4.52 Å². The average molecular weight is 415 g/mol. The van der Waals surface area contributed by atoms with Crippen molar-refractivity contribution in [1.29, 1.82) is 5.26 Å². The van der Waals surface area contributed by atoms with Crippen molar-refractivity contribution in [2.24, 2.45) is 16.3 Å². The van der Waals surface area contributed by atoms with Crippen LogP contribution in [0.1, 0.15) is 44.0 Å². The maximum Gasteiger partial charge on any atom is 0.324 e. The van der Waals surface area contributed by atoms with E-state index in [2.05, 4.69) is 37.1 Å². The molecule has 0 aromatic carbocycles. The first kappa shape index (κ1) is 21.1. The Balaban J connectivity index is 1.73. The molecule has 8 nitrogen and oxygen atoms in total. The molecule has 0 saturated carbocycles. The predicted octanol–water partition coefficient (Wildman–Crippen LogP) is 1.76. The van der Waals surface area contributed by atoms with E-state index in [-0.39, 0.29) is 22.9 Å². The molecule has 0 fully saturated rings. The van der Waals surface area contributed by atoms with Crippen molar-refractivity contribution in [2.45, 2.75) is 45.1 Å². The molecule has 0 aliphatic heterocycles. The molecule has 3 rings (SSSR count). The Labute approximate surface area is 175 Å². The lowest BCUT2D eigenvalue weighted by atomic mass is 9.71. The highest BCUT2D eigenvalue weighted by molar-refractivity contribution is 7.99. The highest BCUT2D eigenvalue weighted by Crippen LogP contribution is 2.38. The largest absolute Gasteiger partial charge is 0.861 e. The van der Waals surface area contributed by atoms with Crippen LogP contribution >= 0.6 is 11.8 Å². The van der Waals surface area contributed by atoms with Crippen molar-refractivity contribution in [3.05, 3.63) is 29.1 Å². The fraction of sp³-hybridized carbons (Fsp3) is 0.550. The number of fused-ring (bicyclic) bond motifs is 1. The van der Waals surface area contributed by atoms with Crippen LogP contribution in [0.5, 0.6) is 0 Å². The molecule has 1 aliphatic rings. The van der Waals surface area contributed by atoms with Crippen LogP contribution in [-0.2, 0) is 12.8 Å². The van der Waals surface area contributed by atoms with Gasteiger partial charge in [0.2, 0.25) is 5.27 Å². The number of nitriles is 1. The number of aromatic nitrogens is 3. The van der Waals surface area contributed by atoms with Crippen LogP contribution in [0.15, 0.2) is 26.8 Å². The molecule has 2 aromatic rings. The van der Waals surface area contributed by atoms with Crippen LogP contribution in [-0.4, -0.2) is 36.0 Å². The van der Waals surface area contributed by atoms with Crippen molar-refractivity contribution < 1.29 is 14.4 Å². The molecule has 0 bridgehead atoms. The zero-order valence-electron chi connectivity index (χ0n) is 17.5. The van der Waals surface area contributed by atoms with Crippen LogP contribution in [0.2, 0.25) is 0 Å². The van der Waals surface area contributed by atoms with Gasteiger partial charge in [-0.25, -0.2) is 9.98 Å². The number of pyridine rings is 1. The van der Waals surface area contributed by atoms with Gasteiger partial charge in [-0.1, -0.05) is 32.5 Å². The maximum atomic E-state index is 12.2. The Bertz CT molecular complexity index is 955. The summed E-state index contributed by atoms with van der Waals surface area (Å²) in [5.74, 6) is 0.423. The van der Waals surface area contributed by atoms with Gasteiger partial charge in [0.1, 0.15) is 11.1 Å². The summed E-state index contributed by atoms with van der Waals surface area (Å²) in [5, 5.41) is 27.8. The quantitative estimate of drug-likeness (QED) is 0.318. The van der Waals surface area contributed by atoms with Crippen molar-refractivity contribution in [1.82, 2.24) is 10.3 Å². The second kappa shape index (κ2) is 8.41. The van der Waals surface area contributed by atoms with Gasteiger partial charge in [-0.2, -0.15) is 10.3 Å². The minimum absolute atomic E-state index is 0.0771. The summed E-state index contributed by atoms with van der Waals surface area (Å²) in [6.45, 7) is 6.78. The summed E-state index contributed by atoms with van der Waals surface area (Å²) in [5.41, 5.74) is 2.94. The summed E-state index contributed by atoms with van der Waals surface area (Å²) in [4.78, 5) is 10.1. The average Bonchev–Trinajstić information content (AvgIpc) is 3.13. The Morgan fingerprint density at radius 1 is 1.48 bits per heavy atom. The van der Waals surface area contributed by atoms with E-state index in [0.29, 0.717) is 16.5 Å². The fourth-order valence-corrected chi connectivity index (χ4v) is 4.09. The molecule has 2 aromatic heterocycles. The van der Waals surface area contributed by atoms with Gasteiger partial charge in [0.05, 0.1) is 24.4 Å². The van der Waals surface area contributed by atoms with Crippen molar-refractivity contribution in [3.63, 3.8) is 0 Å². The molecule has 0 saturated heterocycles. The van der Waals surface area contributed by atoms with E-state index in [9.17, 15) is 10.4 Å². The summed E-state index contributed by atoms with van der Waals surface area (Å²) in [6.07, 6.45) is 4.45. The third kappa shape index (κ3) is 5.07.